The maximum absolute atomic E-state index is 11.7. The fourth-order valence-corrected chi connectivity index (χ4v) is 2.06. The summed E-state index contributed by atoms with van der Waals surface area (Å²) >= 11 is 0. The second-order valence-corrected chi connectivity index (χ2v) is 4.58. The predicted octanol–water partition coefficient (Wildman–Crippen LogP) is 1.27. The molecule has 0 aliphatic heterocycles. The van der Waals surface area contributed by atoms with Gasteiger partial charge in [0.05, 0.1) is 12.2 Å². The van der Waals surface area contributed by atoms with E-state index in [2.05, 4.69) is 4.98 Å². The van der Waals surface area contributed by atoms with Crippen LogP contribution in [-0.2, 0) is 13.0 Å². The van der Waals surface area contributed by atoms with Crippen LogP contribution in [0.3, 0.4) is 0 Å². The van der Waals surface area contributed by atoms with Crippen LogP contribution >= 0.6 is 0 Å². The van der Waals surface area contributed by atoms with Crippen LogP contribution in [-0.4, -0.2) is 21.3 Å². The zero-order chi connectivity index (χ0) is 15.2. The zero-order valence-corrected chi connectivity index (χ0v) is 11.8. The number of ether oxygens (including phenoxy) is 1. The minimum absolute atomic E-state index is 0.221. The summed E-state index contributed by atoms with van der Waals surface area (Å²) in [5.41, 5.74) is -0.912. The number of H-pyrrole nitrogens is 1. The number of hydrogen-bond donors (Lipinski definition) is 2. The molecule has 0 unspecified atom stereocenters. The molecule has 0 aliphatic rings. The van der Waals surface area contributed by atoms with Gasteiger partial charge in [-0.3, -0.25) is 14.3 Å². The number of rotatable bonds is 6. The zero-order valence-electron chi connectivity index (χ0n) is 11.8. The van der Waals surface area contributed by atoms with E-state index < -0.39 is 11.2 Å². The lowest BCUT2D eigenvalue weighted by atomic mass is 10.2. The van der Waals surface area contributed by atoms with Crippen LogP contribution in [0.1, 0.15) is 18.9 Å². The maximum Gasteiger partial charge on any atom is 0.331 e. The second-order valence-electron chi connectivity index (χ2n) is 4.58. The van der Waals surface area contributed by atoms with E-state index in [1.165, 1.54) is 0 Å². The Hall–Kier alpha value is -2.50. The van der Waals surface area contributed by atoms with Gasteiger partial charge in [-0.2, -0.15) is 0 Å². The van der Waals surface area contributed by atoms with E-state index in [1.54, 1.807) is 6.92 Å². The highest BCUT2D eigenvalue weighted by molar-refractivity contribution is 5.22. The van der Waals surface area contributed by atoms with Gasteiger partial charge in [0.1, 0.15) is 5.75 Å². The Labute approximate surface area is 121 Å². The number of nitrogens with one attached hydrogen (secondary N) is 1. The number of aromatic hydroxyl groups is 1. The summed E-state index contributed by atoms with van der Waals surface area (Å²) in [7, 11) is 0. The number of aromatic nitrogens is 2. The normalized spacial score (nSPS) is 10.5. The smallest absolute Gasteiger partial charge is 0.331 e. The SMILES string of the molecule is CCc1c(O)n(CCCOc2ccccc2)c(=O)[nH]c1=O. The van der Waals surface area contributed by atoms with Crippen molar-refractivity contribution in [1.82, 2.24) is 9.55 Å². The van der Waals surface area contributed by atoms with Gasteiger partial charge in [-0.15, -0.1) is 0 Å². The van der Waals surface area contributed by atoms with E-state index in [9.17, 15) is 14.7 Å². The first-order valence-electron chi connectivity index (χ1n) is 6.86. The van der Waals surface area contributed by atoms with E-state index in [-0.39, 0.29) is 18.0 Å². The third-order valence-corrected chi connectivity index (χ3v) is 3.16. The Morgan fingerprint density at radius 3 is 2.62 bits per heavy atom. The summed E-state index contributed by atoms with van der Waals surface area (Å²) < 4.78 is 6.68. The highest BCUT2D eigenvalue weighted by Crippen LogP contribution is 2.12. The quantitative estimate of drug-likeness (QED) is 0.785. The molecule has 0 saturated carbocycles. The van der Waals surface area contributed by atoms with Crippen molar-refractivity contribution >= 4 is 0 Å². The molecule has 6 nitrogen and oxygen atoms in total. The molecule has 0 amide bonds. The van der Waals surface area contributed by atoms with E-state index in [4.69, 9.17) is 4.74 Å². The van der Waals surface area contributed by atoms with Gasteiger partial charge in [0.25, 0.3) is 5.56 Å². The van der Waals surface area contributed by atoms with Crippen LogP contribution < -0.4 is 16.0 Å². The second kappa shape index (κ2) is 6.78. The van der Waals surface area contributed by atoms with Crippen molar-refractivity contribution in [2.75, 3.05) is 6.61 Å². The number of hydrogen-bond acceptors (Lipinski definition) is 4. The van der Waals surface area contributed by atoms with E-state index in [1.807, 2.05) is 30.3 Å². The van der Waals surface area contributed by atoms with Crippen molar-refractivity contribution in [1.29, 1.82) is 0 Å². The molecule has 0 bridgehead atoms. The molecule has 1 heterocycles. The van der Waals surface area contributed by atoms with Gasteiger partial charge in [0.2, 0.25) is 5.88 Å². The lowest BCUT2D eigenvalue weighted by molar-refractivity contribution is 0.293. The fourth-order valence-electron chi connectivity index (χ4n) is 2.06. The monoisotopic (exact) mass is 290 g/mol. The topological polar surface area (TPSA) is 84.3 Å². The van der Waals surface area contributed by atoms with Crippen LogP contribution in [0.2, 0.25) is 0 Å². The number of aromatic amines is 1. The van der Waals surface area contributed by atoms with Gasteiger partial charge in [0, 0.05) is 6.54 Å². The van der Waals surface area contributed by atoms with Crippen molar-refractivity contribution in [3.8, 4) is 11.6 Å². The molecule has 2 aromatic rings. The van der Waals surface area contributed by atoms with Crippen molar-refractivity contribution in [3.05, 3.63) is 56.7 Å². The van der Waals surface area contributed by atoms with Crippen LogP contribution in [0, 0.1) is 0 Å². The number of para-hydroxylation sites is 1. The molecule has 0 spiro atoms. The summed E-state index contributed by atoms with van der Waals surface area (Å²) in [6.07, 6.45) is 0.902. The van der Waals surface area contributed by atoms with E-state index >= 15 is 0 Å². The molecular weight excluding hydrogens is 272 g/mol. The van der Waals surface area contributed by atoms with Crippen LogP contribution in [0.25, 0.3) is 0 Å². The molecule has 0 aliphatic carbocycles. The standard InChI is InChI=1S/C15H18N2O4/c1-2-12-13(18)16-15(20)17(14(12)19)9-6-10-21-11-7-4-3-5-8-11/h3-5,7-8,19H,2,6,9-10H2,1H3,(H,16,18,20). The first kappa shape index (κ1) is 14.9. The third-order valence-electron chi connectivity index (χ3n) is 3.16. The average molecular weight is 290 g/mol. The van der Waals surface area contributed by atoms with Gasteiger partial charge in [-0.25, -0.2) is 4.79 Å². The van der Waals surface area contributed by atoms with E-state index in [0.717, 1.165) is 10.3 Å². The Bertz CT molecular complexity index is 704. The largest absolute Gasteiger partial charge is 0.494 e. The Balaban J connectivity index is 2.01. The third kappa shape index (κ3) is 3.53. The summed E-state index contributed by atoms with van der Waals surface area (Å²) in [6.45, 7) is 2.44. The van der Waals surface area contributed by atoms with Gasteiger partial charge in [0.15, 0.2) is 0 Å². The molecule has 1 aromatic carbocycles. The minimum Gasteiger partial charge on any atom is -0.494 e. The van der Waals surface area contributed by atoms with Crippen molar-refractivity contribution < 1.29 is 9.84 Å². The lowest BCUT2D eigenvalue weighted by Gasteiger charge is -2.11. The van der Waals surface area contributed by atoms with Crippen LogP contribution in [0.5, 0.6) is 11.6 Å². The number of benzene rings is 1. The number of nitrogens with zero attached hydrogens (tertiary/aromatic N) is 1. The van der Waals surface area contributed by atoms with Crippen LogP contribution in [0.4, 0.5) is 0 Å². The lowest BCUT2D eigenvalue weighted by Crippen LogP contribution is -2.32. The molecule has 0 saturated heterocycles. The van der Waals surface area contributed by atoms with Crippen molar-refractivity contribution in [2.45, 2.75) is 26.3 Å². The molecule has 112 valence electrons. The highest BCUT2D eigenvalue weighted by Gasteiger charge is 2.11. The Morgan fingerprint density at radius 2 is 1.95 bits per heavy atom. The molecule has 0 radical (unpaired) electrons. The molecule has 1 aromatic heterocycles. The molecule has 21 heavy (non-hydrogen) atoms. The van der Waals surface area contributed by atoms with Gasteiger partial charge in [-0.1, -0.05) is 25.1 Å². The first-order chi connectivity index (χ1) is 10.1. The molecule has 6 heteroatoms. The van der Waals surface area contributed by atoms with Gasteiger partial charge < -0.3 is 9.84 Å². The van der Waals surface area contributed by atoms with E-state index in [0.29, 0.717) is 19.4 Å². The molecule has 0 fully saturated rings. The van der Waals surface area contributed by atoms with Crippen molar-refractivity contribution in [3.63, 3.8) is 0 Å². The average Bonchev–Trinajstić information content (AvgIpc) is 2.47. The minimum atomic E-state index is -0.602. The summed E-state index contributed by atoms with van der Waals surface area (Å²) in [6, 6.07) is 9.34. The fraction of sp³-hybridized carbons (Fsp3) is 0.333. The van der Waals surface area contributed by atoms with Crippen molar-refractivity contribution in [2.24, 2.45) is 0 Å². The maximum atomic E-state index is 11.7. The van der Waals surface area contributed by atoms with Gasteiger partial charge in [-0.05, 0) is 25.0 Å². The molecule has 0 atom stereocenters. The molecule has 2 rings (SSSR count). The first-order valence-corrected chi connectivity index (χ1v) is 6.86. The van der Waals surface area contributed by atoms with Crippen LogP contribution in [0.15, 0.2) is 39.9 Å². The predicted molar refractivity (Wildman–Crippen MR) is 78.9 cm³/mol. The Morgan fingerprint density at radius 1 is 1.24 bits per heavy atom. The summed E-state index contributed by atoms with van der Waals surface area (Å²) in [5.74, 6) is 0.496. The summed E-state index contributed by atoms with van der Waals surface area (Å²) in [4.78, 5) is 25.4. The highest BCUT2D eigenvalue weighted by atomic mass is 16.5. The Kier molecular flexibility index (Phi) is 4.81. The summed E-state index contributed by atoms with van der Waals surface area (Å²) in [5, 5.41) is 9.97. The van der Waals surface area contributed by atoms with Gasteiger partial charge >= 0.3 is 5.69 Å². The molecule has 2 N–H and O–H groups in total. The molecular formula is C15H18N2O4.